The summed E-state index contributed by atoms with van der Waals surface area (Å²) in [5.74, 6) is -0.484. The molecule has 10 heteroatoms. The first kappa shape index (κ1) is 22.1. The lowest BCUT2D eigenvalue weighted by atomic mass is 9.96. The molecule has 2 aromatic heterocycles. The number of anilines is 1. The van der Waals surface area contributed by atoms with Gasteiger partial charge in [0.1, 0.15) is 23.1 Å². The van der Waals surface area contributed by atoms with E-state index in [4.69, 9.17) is 10.6 Å². The molecule has 8 nitrogen and oxygen atoms in total. The highest BCUT2D eigenvalue weighted by Crippen LogP contribution is 2.45. The zero-order valence-electron chi connectivity index (χ0n) is 19.0. The second-order valence-electron chi connectivity index (χ2n) is 8.90. The van der Waals surface area contributed by atoms with Gasteiger partial charge in [-0.2, -0.15) is 0 Å². The molecule has 33 heavy (non-hydrogen) atoms. The van der Waals surface area contributed by atoms with E-state index in [0.717, 1.165) is 31.4 Å². The maximum atomic E-state index is 15.3. The molecule has 0 bridgehead atoms. The van der Waals surface area contributed by atoms with Crippen LogP contribution in [-0.2, 0) is 4.84 Å². The number of hydrogen-bond acceptors (Lipinski definition) is 7. The van der Waals surface area contributed by atoms with Crippen LogP contribution in [0, 0.1) is 11.7 Å². The fourth-order valence-electron chi connectivity index (χ4n) is 4.87. The molecule has 2 saturated carbocycles. The van der Waals surface area contributed by atoms with Crippen LogP contribution in [0.4, 0.5) is 10.1 Å². The van der Waals surface area contributed by atoms with Gasteiger partial charge in [0.2, 0.25) is 5.43 Å². The van der Waals surface area contributed by atoms with Crippen molar-refractivity contribution in [2.45, 2.75) is 51.1 Å². The van der Waals surface area contributed by atoms with Gasteiger partial charge in [0.05, 0.1) is 23.5 Å². The van der Waals surface area contributed by atoms with Crippen molar-refractivity contribution in [2.24, 2.45) is 16.8 Å². The first-order valence-electron chi connectivity index (χ1n) is 11.4. The molecule has 0 radical (unpaired) electrons. The van der Waals surface area contributed by atoms with E-state index in [1.807, 2.05) is 23.3 Å². The lowest BCUT2D eigenvalue weighted by molar-refractivity contribution is 0.210. The summed E-state index contributed by atoms with van der Waals surface area (Å²) >= 11 is 1.17. The molecule has 3 heterocycles. The molecule has 6 rings (SSSR count). The molecule has 3 aliphatic rings. The quantitative estimate of drug-likeness (QED) is 0.566. The minimum atomic E-state index is -0.489. The van der Waals surface area contributed by atoms with Gasteiger partial charge in [0.25, 0.3) is 5.56 Å². The van der Waals surface area contributed by atoms with Crippen LogP contribution in [0.5, 0.6) is 0 Å². The SMILES string of the molecule is CC.CO/N=C1\CN(c2cc3c(cc2F)c(=O)c2c(=O)[nH]sc2n3C2CC2)CC1C1(N)CC1. The Morgan fingerprint density at radius 1 is 1.27 bits per heavy atom. The second kappa shape index (κ2) is 7.95. The number of aromatic amines is 1. The smallest absolute Gasteiger partial charge is 0.271 e. The number of aromatic nitrogens is 2. The first-order valence-corrected chi connectivity index (χ1v) is 12.3. The lowest BCUT2D eigenvalue weighted by Gasteiger charge is -2.22. The Morgan fingerprint density at radius 2 is 2.00 bits per heavy atom. The van der Waals surface area contributed by atoms with Crippen LogP contribution in [0.15, 0.2) is 26.9 Å². The molecule has 1 unspecified atom stereocenters. The van der Waals surface area contributed by atoms with Crippen molar-refractivity contribution in [3.8, 4) is 0 Å². The number of nitrogens with two attached hydrogens (primary N) is 1. The highest BCUT2D eigenvalue weighted by Gasteiger charge is 2.51. The van der Waals surface area contributed by atoms with E-state index >= 15 is 4.39 Å². The summed E-state index contributed by atoms with van der Waals surface area (Å²) in [5, 5.41) is 4.53. The predicted molar refractivity (Wildman–Crippen MR) is 130 cm³/mol. The van der Waals surface area contributed by atoms with E-state index in [-0.39, 0.29) is 28.3 Å². The minimum absolute atomic E-state index is 0.00516. The number of oxime groups is 1. The molecule has 0 spiro atoms. The Labute approximate surface area is 194 Å². The summed E-state index contributed by atoms with van der Waals surface area (Å²) in [6.07, 6.45) is 3.77. The standard InChI is InChI=1S/C21H22FN5O3S.C2H6/c1-30-24-14-9-26(8-12(14)21(23)4-5-21)16-7-15-11(6-13(16)22)18(28)17-19(29)25-31-20(17)27(15)10-2-3-10;1-2/h6-7,10,12H,2-5,8-9,23H2,1H3,(H,25,29);1-2H3/b24-14+;. The van der Waals surface area contributed by atoms with Gasteiger partial charge >= 0.3 is 0 Å². The molecular formula is C23H28FN5O3S. The van der Waals surface area contributed by atoms with Gasteiger partial charge in [-0.25, -0.2) is 4.39 Å². The molecule has 2 aliphatic carbocycles. The number of nitrogens with one attached hydrogen (secondary N) is 1. The van der Waals surface area contributed by atoms with Crippen molar-refractivity contribution >= 4 is 44.1 Å². The first-order chi connectivity index (χ1) is 15.9. The average molecular weight is 474 g/mol. The molecule has 1 saturated heterocycles. The summed E-state index contributed by atoms with van der Waals surface area (Å²) in [4.78, 5) is 32.8. The van der Waals surface area contributed by atoms with Crippen molar-refractivity contribution in [3.63, 3.8) is 0 Å². The molecule has 0 amide bonds. The second-order valence-corrected chi connectivity index (χ2v) is 9.69. The maximum absolute atomic E-state index is 15.3. The zero-order chi connectivity index (χ0) is 23.5. The molecular weight excluding hydrogens is 445 g/mol. The van der Waals surface area contributed by atoms with Crippen LogP contribution < -0.4 is 21.6 Å². The Kier molecular flexibility index (Phi) is 5.32. The van der Waals surface area contributed by atoms with Crippen LogP contribution in [0.2, 0.25) is 0 Å². The number of benzene rings is 1. The number of pyridine rings is 1. The highest BCUT2D eigenvalue weighted by atomic mass is 32.1. The lowest BCUT2D eigenvalue weighted by Crippen LogP contribution is -2.38. The van der Waals surface area contributed by atoms with Gasteiger partial charge in [0.15, 0.2) is 0 Å². The normalized spacial score (nSPS) is 22.6. The van der Waals surface area contributed by atoms with Crippen LogP contribution in [0.25, 0.3) is 21.1 Å². The highest BCUT2D eigenvalue weighted by molar-refractivity contribution is 7.12. The molecule has 3 aromatic rings. The topological polar surface area (TPSA) is 106 Å². The summed E-state index contributed by atoms with van der Waals surface area (Å²) in [5.41, 5.74) is 7.22. The van der Waals surface area contributed by atoms with Crippen molar-refractivity contribution < 1.29 is 9.23 Å². The third-order valence-electron chi connectivity index (χ3n) is 6.84. The Bertz CT molecular complexity index is 1380. The van der Waals surface area contributed by atoms with E-state index in [1.54, 1.807) is 6.07 Å². The van der Waals surface area contributed by atoms with E-state index < -0.39 is 16.8 Å². The fourth-order valence-corrected chi connectivity index (χ4v) is 5.80. The molecule has 1 atom stereocenters. The van der Waals surface area contributed by atoms with Gasteiger partial charge < -0.3 is 20.0 Å². The Morgan fingerprint density at radius 3 is 2.64 bits per heavy atom. The maximum Gasteiger partial charge on any atom is 0.271 e. The fraction of sp³-hybridized carbons (Fsp3) is 0.522. The van der Waals surface area contributed by atoms with Crippen LogP contribution in [0.3, 0.4) is 0 Å². The van der Waals surface area contributed by atoms with Gasteiger partial charge in [-0.15, -0.1) is 0 Å². The molecule has 3 N–H and O–H groups in total. The van der Waals surface area contributed by atoms with Crippen molar-refractivity contribution in [2.75, 3.05) is 25.1 Å². The monoisotopic (exact) mass is 473 g/mol. The van der Waals surface area contributed by atoms with Gasteiger partial charge in [-0.1, -0.05) is 19.0 Å². The van der Waals surface area contributed by atoms with Crippen molar-refractivity contribution in [1.82, 2.24) is 8.94 Å². The third-order valence-corrected chi connectivity index (χ3v) is 7.72. The largest absolute Gasteiger partial charge is 0.399 e. The number of fused-ring (bicyclic) bond motifs is 2. The number of rotatable bonds is 4. The zero-order valence-corrected chi connectivity index (χ0v) is 19.8. The minimum Gasteiger partial charge on any atom is -0.399 e. The summed E-state index contributed by atoms with van der Waals surface area (Å²) < 4.78 is 20.0. The number of nitrogens with zero attached hydrogens (tertiary/aromatic N) is 3. The van der Waals surface area contributed by atoms with Gasteiger partial charge in [-0.3, -0.25) is 14.0 Å². The van der Waals surface area contributed by atoms with E-state index in [9.17, 15) is 9.59 Å². The number of H-pyrrole nitrogens is 1. The molecule has 176 valence electrons. The summed E-state index contributed by atoms with van der Waals surface area (Å²) in [6.45, 7) is 4.97. The van der Waals surface area contributed by atoms with E-state index in [2.05, 4.69) is 9.53 Å². The Hall–Kier alpha value is -2.72. The van der Waals surface area contributed by atoms with E-state index in [1.165, 1.54) is 24.7 Å². The predicted octanol–water partition coefficient (Wildman–Crippen LogP) is 3.33. The van der Waals surface area contributed by atoms with Crippen LogP contribution >= 0.6 is 11.5 Å². The van der Waals surface area contributed by atoms with E-state index in [0.29, 0.717) is 29.1 Å². The van der Waals surface area contributed by atoms with Crippen LogP contribution in [-0.4, -0.2) is 40.4 Å². The summed E-state index contributed by atoms with van der Waals surface area (Å²) in [6, 6.07) is 3.24. The number of halogens is 1. The Balaban J connectivity index is 0.00000111. The summed E-state index contributed by atoms with van der Waals surface area (Å²) in [7, 11) is 1.50. The average Bonchev–Trinajstić information content (AvgIpc) is 3.71. The number of hydrogen-bond donors (Lipinski definition) is 2. The molecule has 3 fully saturated rings. The molecule has 1 aliphatic heterocycles. The van der Waals surface area contributed by atoms with Crippen molar-refractivity contribution in [1.29, 1.82) is 0 Å². The van der Waals surface area contributed by atoms with Gasteiger partial charge in [0, 0.05) is 29.4 Å². The van der Waals surface area contributed by atoms with Crippen LogP contribution in [0.1, 0.15) is 45.6 Å². The van der Waals surface area contributed by atoms with Gasteiger partial charge in [-0.05, 0) is 49.3 Å². The van der Waals surface area contributed by atoms with Crippen molar-refractivity contribution in [3.05, 3.63) is 38.5 Å². The molecule has 1 aromatic carbocycles. The third kappa shape index (κ3) is 3.47.